The molecule has 136 valence electrons. The molecular weight excluding hydrogens is 326 g/mol. The topological polar surface area (TPSA) is 52.7 Å². The van der Waals surface area contributed by atoms with Gasteiger partial charge in [-0.3, -0.25) is 14.5 Å². The lowest BCUT2D eigenvalue weighted by Gasteiger charge is -2.29. The molecule has 5 nitrogen and oxygen atoms in total. The Balaban J connectivity index is 1.76. The summed E-state index contributed by atoms with van der Waals surface area (Å²) in [7, 11) is 1.94. The molecule has 1 atom stereocenters. The number of amides is 2. The van der Waals surface area contributed by atoms with Crippen LogP contribution >= 0.6 is 0 Å². The van der Waals surface area contributed by atoms with Crippen molar-refractivity contribution >= 4 is 23.2 Å². The summed E-state index contributed by atoms with van der Waals surface area (Å²) in [5, 5.41) is 2.89. The van der Waals surface area contributed by atoms with Gasteiger partial charge in [-0.1, -0.05) is 42.0 Å². The first-order valence-corrected chi connectivity index (χ1v) is 8.89. The Bertz CT molecular complexity index is 818. The Labute approximate surface area is 154 Å². The van der Waals surface area contributed by atoms with E-state index in [2.05, 4.69) is 30.4 Å². The van der Waals surface area contributed by atoms with Crippen LogP contribution in [0.2, 0.25) is 0 Å². The molecule has 3 rings (SSSR count). The predicted octanol–water partition coefficient (Wildman–Crippen LogP) is 3.19. The summed E-state index contributed by atoms with van der Waals surface area (Å²) in [6.45, 7) is 4.98. The zero-order valence-electron chi connectivity index (χ0n) is 15.5. The van der Waals surface area contributed by atoms with Crippen LogP contribution in [0.4, 0.5) is 11.4 Å². The highest BCUT2D eigenvalue weighted by atomic mass is 16.2. The zero-order chi connectivity index (χ0) is 18.7. The van der Waals surface area contributed by atoms with Gasteiger partial charge in [-0.15, -0.1) is 0 Å². The number of likely N-dealkylation sites (N-methyl/N-ethyl adjacent to an activating group) is 1. The molecule has 1 unspecified atom stereocenters. The lowest BCUT2D eigenvalue weighted by molar-refractivity contribution is -0.120. The van der Waals surface area contributed by atoms with Crippen molar-refractivity contribution in [3.8, 4) is 0 Å². The van der Waals surface area contributed by atoms with Gasteiger partial charge in [-0.25, -0.2) is 0 Å². The average Bonchev–Trinajstić information content (AvgIpc) is 2.68. The molecule has 0 saturated heterocycles. The first-order chi connectivity index (χ1) is 12.4. The molecule has 2 amide bonds. The average molecular weight is 351 g/mol. The van der Waals surface area contributed by atoms with Crippen molar-refractivity contribution in [1.82, 2.24) is 4.90 Å². The lowest BCUT2D eigenvalue weighted by Crippen LogP contribution is -2.44. The van der Waals surface area contributed by atoms with Crippen LogP contribution < -0.4 is 10.2 Å². The number of carbonyl (C=O) groups is 2. The molecule has 5 heteroatoms. The van der Waals surface area contributed by atoms with Crippen molar-refractivity contribution in [2.45, 2.75) is 32.9 Å². The molecule has 1 N–H and O–H groups in total. The summed E-state index contributed by atoms with van der Waals surface area (Å²) in [4.78, 5) is 28.9. The van der Waals surface area contributed by atoms with Crippen molar-refractivity contribution in [2.75, 3.05) is 23.8 Å². The standard InChI is InChI=1S/C21H25N3O2/c1-15-7-6-8-17(11-15)13-23(3)14-21(26)24-16(2)12-20(25)22-18-9-4-5-10-19(18)24/h4-11,16H,12-14H2,1-3H3,(H,22,25). The third-order valence-electron chi connectivity index (χ3n) is 4.57. The summed E-state index contributed by atoms with van der Waals surface area (Å²) in [5.74, 6) is -0.0648. The van der Waals surface area contributed by atoms with E-state index in [-0.39, 0.29) is 17.9 Å². The maximum atomic E-state index is 13.0. The summed E-state index contributed by atoms with van der Waals surface area (Å²) in [6, 6.07) is 15.6. The fraction of sp³-hybridized carbons (Fsp3) is 0.333. The van der Waals surface area contributed by atoms with Crippen LogP contribution in [0.5, 0.6) is 0 Å². The number of fused-ring (bicyclic) bond motifs is 1. The minimum absolute atomic E-state index is 0.00315. The van der Waals surface area contributed by atoms with Crippen LogP contribution in [0.15, 0.2) is 48.5 Å². The number of para-hydroxylation sites is 2. The van der Waals surface area contributed by atoms with E-state index >= 15 is 0 Å². The fourth-order valence-corrected chi connectivity index (χ4v) is 3.45. The molecule has 0 bridgehead atoms. The summed E-state index contributed by atoms with van der Waals surface area (Å²) in [5.41, 5.74) is 3.85. The van der Waals surface area contributed by atoms with E-state index in [0.29, 0.717) is 25.2 Å². The summed E-state index contributed by atoms with van der Waals surface area (Å²) in [6.07, 6.45) is 0.294. The van der Waals surface area contributed by atoms with Gasteiger partial charge in [0, 0.05) is 19.0 Å². The maximum Gasteiger partial charge on any atom is 0.241 e. The maximum absolute atomic E-state index is 13.0. The van der Waals surface area contributed by atoms with E-state index in [9.17, 15) is 9.59 Å². The Kier molecular flexibility index (Phi) is 5.38. The van der Waals surface area contributed by atoms with Gasteiger partial charge in [0.25, 0.3) is 0 Å². The van der Waals surface area contributed by atoms with Crippen molar-refractivity contribution < 1.29 is 9.59 Å². The van der Waals surface area contributed by atoms with Gasteiger partial charge in [0.15, 0.2) is 0 Å². The fourth-order valence-electron chi connectivity index (χ4n) is 3.45. The Hall–Kier alpha value is -2.66. The first-order valence-electron chi connectivity index (χ1n) is 8.89. The van der Waals surface area contributed by atoms with Crippen molar-refractivity contribution in [2.24, 2.45) is 0 Å². The van der Waals surface area contributed by atoms with Gasteiger partial charge < -0.3 is 10.2 Å². The number of carbonyl (C=O) groups excluding carboxylic acids is 2. The number of hydrogen-bond acceptors (Lipinski definition) is 3. The quantitative estimate of drug-likeness (QED) is 0.920. The number of hydrogen-bond donors (Lipinski definition) is 1. The minimum atomic E-state index is -0.182. The Morgan fingerprint density at radius 1 is 1.23 bits per heavy atom. The van der Waals surface area contributed by atoms with Crippen molar-refractivity contribution in [1.29, 1.82) is 0 Å². The van der Waals surface area contributed by atoms with E-state index in [0.717, 1.165) is 5.69 Å². The highest BCUT2D eigenvalue weighted by Gasteiger charge is 2.29. The third kappa shape index (κ3) is 4.11. The second-order valence-corrected chi connectivity index (χ2v) is 7.04. The van der Waals surface area contributed by atoms with Crippen molar-refractivity contribution in [3.05, 3.63) is 59.7 Å². The van der Waals surface area contributed by atoms with Gasteiger partial charge in [-0.2, -0.15) is 0 Å². The minimum Gasteiger partial charge on any atom is -0.324 e. The van der Waals surface area contributed by atoms with Gasteiger partial charge in [-0.05, 0) is 38.6 Å². The van der Waals surface area contributed by atoms with Crippen molar-refractivity contribution in [3.63, 3.8) is 0 Å². The van der Waals surface area contributed by atoms with Gasteiger partial charge in [0.2, 0.25) is 11.8 Å². The van der Waals surface area contributed by atoms with Gasteiger partial charge in [0.05, 0.1) is 17.9 Å². The molecular formula is C21H25N3O2. The van der Waals surface area contributed by atoms with Crippen LogP contribution in [0.1, 0.15) is 24.5 Å². The molecule has 0 fully saturated rings. The molecule has 0 radical (unpaired) electrons. The number of nitrogens with zero attached hydrogens (tertiary/aromatic N) is 2. The van der Waals surface area contributed by atoms with Crippen LogP contribution in [0.25, 0.3) is 0 Å². The Morgan fingerprint density at radius 2 is 2.00 bits per heavy atom. The number of aryl methyl sites for hydroxylation is 1. The smallest absolute Gasteiger partial charge is 0.241 e. The largest absolute Gasteiger partial charge is 0.324 e. The molecule has 2 aromatic carbocycles. The first kappa shape index (κ1) is 18.1. The SMILES string of the molecule is Cc1cccc(CN(C)CC(=O)N2c3ccccc3NC(=O)CC2C)c1. The molecule has 1 heterocycles. The number of anilines is 2. The predicted molar refractivity (Wildman–Crippen MR) is 104 cm³/mol. The molecule has 0 aliphatic carbocycles. The summed E-state index contributed by atoms with van der Waals surface area (Å²) >= 11 is 0. The normalized spacial score (nSPS) is 16.8. The van der Waals surface area contributed by atoms with E-state index < -0.39 is 0 Å². The van der Waals surface area contributed by atoms with Crippen LogP contribution in [-0.2, 0) is 16.1 Å². The highest BCUT2D eigenvalue weighted by molar-refractivity contribution is 6.04. The number of benzene rings is 2. The molecule has 1 aliphatic heterocycles. The molecule has 26 heavy (non-hydrogen) atoms. The Morgan fingerprint density at radius 3 is 2.77 bits per heavy atom. The zero-order valence-corrected chi connectivity index (χ0v) is 15.5. The molecule has 1 aliphatic rings. The molecule has 2 aromatic rings. The van der Waals surface area contributed by atoms with E-state index in [1.54, 1.807) is 4.90 Å². The monoisotopic (exact) mass is 351 g/mol. The second-order valence-electron chi connectivity index (χ2n) is 7.04. The lowest BCUT2D eigenvalue weighted by atomic mass is 10.1. The van der Waals surface area contributed by atoms with Crippen LogP contribution in [-0.4, -0.2) is 36.3 Å². The molecule has 0 spiro atoms. The van der Waals surface area contributed by atoms with E-state index in [1.165, 1.54) is 11.1 Å². The van der Waals surface area contributed by atoms with Crippen LogP contribution in [0.3, 0.4) is 0 Å². The summed E-state index contributed by atoms with van der Waals surface area (Å²) < 4.78 is 0. The van der Waals surface area contributed by atoms with Gasteiger partial charge >= 0.3 is 0 Å². The van der Waals surface area contributed by atoms with E-state index in [1.807, 2.05) is 49.2 Å². The highest BCUT2D eigenvalue weighted by Crippen LogP contribution is 2.31. The second kappa shape index (κ2) is 7.70. The van der Waals surface area contributed by atoms with Gasteiger partial charge in [0.1, 0.15) is 0 Å². The van der Waals surface area contributed by atoms with E-state index in [4.69, 9.17) is 0 Å². The number of rotatable bonds is 4. The molecule has 0 aromatic heterocycles. The third-order valence-corrected chi connectivity index (χ3v) is 4.57. The molecule has 0 saturated carbocycles. The number of nitrogens with one attached hydrogen (secondary N) is 1. The van der Waals surface area contributed by atoms with Crippen LogP contribution in [0, 0.1) is 6.92 Å².